The van der Waals surface area contributed by atoms with Gasteiger partial charge in [-0.05, 0) is 43.4 Å². The molecule has 0 aliphatic heterocycles. The lowest BCUT2D eigenvalue weighted by Gasteiger charge is -2.16. The second-order valence-corrected chi connectivity index (χ2v) is 8.26. The Morgan fingerprint density at radius 2 is 2.07 bits per heavy atom. The lowest BCUT2D eigenvalue weighted by atomic mass is 9.94. The first-order valence-electron chi connectivity index (χ1n) is 9.49. The van der Waals surface area contributed by atoms with Gasteiger partial charge in [0.1, 0.15) is 23.2 Å². The highest BCUT2D eigenvalue weighted by Crippen LogP contribution is 2.30. The fourth-order valence-electron chi connectivity index (χ4n) is 3.65. The molecule has 0 radical (unpaired) electrons. The number of carboxylic acids is 1. The van der Waals surface area contributed by atoms with E-state index in [9.17, 15) is 9.90 Å². The van der Waals surface area contributed by atoms with E-state index in [0.717, 1.165) is 35.0 Å². The summed E-state index contributed by atoms with van der Waals surface area (Å²) in [6, 6.07) is 7.62. The summed E-state index contributed by atoms with van der Waals surface area (Å²) in [4.78, 5) is 21.8. The monoisotopic (exact) mass is 397 g/mol. The van der Waals surface area contributed by atoms with Crippen LogP contribution >= 0.6 is 11.3 Å². The lowest BCUT2D eigenvalue weighted by molar-refractivity contribution is -0.137. The van der Waals surface area contributed by atoms with E-state index >= 15 is 0 Å². The van der Waals surface area contributed by atoms with E-state index < -0.39 is 5.97 Å². The van der Waals surface area contributed by atoms with Crippen LogP contribution < -0.4 is 4.74 Å². The fraction of sp³-hybridized carbons (Fsp3) is 0.381. The van der Waals surface area contributed by atoms with Crippen molar-refractivity contribution >= 4 is 17.3 Å². The van der Waals surface area contributed by atoms with Gasteiger partial charge >= 0.3 is 5.97 Å². The van der Waals surface area contributed by atoms with Gasteiger partial charge in [-0.15, -0.1) is 11.3 Å². The fourth-order valence-corrected chi connectivity index (χ4v) is 4.72. The van der Waals surface area contributed by atoms with E-state index in [-0.39, 0.29) is 12.3 Å². The van der Waals surface area contributed by atoms with Gasteiger partial charge < -0.3 is 14.4 Å². The minimum absolute atomic E-state index is 0.00424. The van der Waals surface area contributed by atoms with Gasteiger partial charge in [0.05, 0.1) is 18.0 Å². The number of aliphatic carboxylic acids is 1. The molecule has 7 heteroatoms. The quantitative estimate of drug-likeness (QED) is 0.653. The Balaban J connectivity index is 1.45. The first kappa shape index (κ1) is 18.7. The number of thiazole rings is 1. The normalized spacial score (nSPS) is 14.5. The van der Waals surface area contributed by atoms with Crippen LogP contribution in [0.5, 0.6) is 5.75 Å². The molecule has 0 fully saturated rings. The molecule has 3 aromatic rings. The summed E-state index contributed by atoms with van der Waals surface area (Å²) in [6.45, 7) is 0.467. The molecule has 28 heavy (non-hydrogen) atoms. The Labute approximate surface area is 167 Å². The molecule has 1 aliphatic rings. The zero-order chi connectivity index (χ0) is 19.5. The van der Waals surface area contributed by atoms with Crippen molar-refractivity contribution in [2.45, 2.75) is 44.6 Å². The number of hydrogen-bond donors (Lipinski definition) is 1. The average molecular weight is 398 g/mol. The summed E-state index contributed by atoms with van der Waals surface area (Å²) < 4.78 is 7.77. The van der Waals surface area contributed by atoms with E-state index in [1.54, 1.807) is 17.5 Å². The predicted octanol–water partition coefficient (Wildman–Crippen LogP) is 3.94. The van der Waals surface area contributed by atoms with Crippen LogP contribution in [0.15, 0.2) is 36.7 Å². The van der Waals surface area contributed by atoms with Gasteiger partial charge in [0.2, 0.25) is 0 Å². The van der Waals surface area contributed by atoms with Crippen molar-refractivity contribution in [3.05, 3.63) is 63.6 Å². The summed E-state index contributed by atoms with van der Waals surface area (Å²) >= 11 is 1.76. The Morgan fingerprint density at radius 1 is 1.29 bits per heavy atom. The Morgan fingerprint density at radius 3 is 2.75 bits per heavy atom. The third-order valence-corrected chi connectivity index (χ3v) is 6.21. The second kappa shape index (κ2) is 8.14. The van der Waals surface area contributed by atoms with E-state index in [0.29, 0.717) is 6.61 Å². The molecule has 4 rings (SSSR count). The predicted molar refractivity (Wildman–Crippen MR) is 107 cm³/mol. The number of carboxylic acid groups (broad SMARTS) is 1. The number of carbonyl (C=O) groups is 1. The number of rotatable bonds is 7. The molecule has 1 atom stereocenters. The SMILES string of the molecule is Cn1ccnc1[C@@H](CC(=O)O)c1ccc(OCc2nc3c(s2)CCCC3)cc1. The summed E-state index contributed by atoms with van der Waals surface area (Å²) in [7, 11) is 1.88. The zero-order valence-corrected chi connectivity index (χ0v) is 16.6. The Bertz CT molecular complexity index is 938. The molecule has 0 bridgehead atoms. The second-order valence-electron chi connectivity index (χ2n) is 7.09. The molecule has 1 aromatic carbocycles. The minimum atomic E-state index is -0.846. The number of fused-ring (bicyclic) bond motifs is 1. The van der Waals surface area contributed by atoms with E-state index in [4.69, 9.17) is 9.72 Å². The maximum Gasteiger partial charge on any atom is 0.304 e. The van der Waals surface area contributed by atoms with E-state index in [1.807, 2.05) is 42.1 Å². The van der Waals surface area contributed by atoms with Crippen LogP contribution in [0, 0.1) is 0 Å². The van der Waals surface area contributed by atoms with Crippen LogP contribution in [0.2, 0.25) is 0 Å². The van der Waals surface area contributed by atoms with Crippen molar-refractivity contribution in [1.82, 2.24) is 14.5 Å². The highest BCUT2D eigenvalue weighted by Gasteiger charge is 2.22. The molecule has 0 unspecified atom stereocenters. The van der Waals surface area contributed by atoms with Crippen molar-refractivity contribution in [3.8, 4) is 5.75 Å². The third kappa shape index (κ3) is 4.09. The highest BCUT2D eigenvalue weighted by atomic mass is 32.1. The Hall–Kier alpha value is -2.67. The first-order chi connectivity index (χ1) is 13.6. The third-order valence-electron chi connectivity index (χ3n) is 5.08. The van der Waals surface area contributed by atoms with Crippen LogP contribution in [0.25, 0.3) is 0 Å². The van der Waals surface area contributed by atoms with Gasteiger partial charge in [-0.1, -0.05) is 12.1 Å². The van der Waals surface area contributed by atoms with E-state index in [2.05, 4.69) is 4.98 Å². The molecule has 2 heterocycles. The van der Waals surface area contributed by atoms with Crippen LogP contribution in [0.1, 0.15) is 52.1 Å². The van der Waals surface area contributed by atoms with Gasteiger partial charge in [-0.25, -0.2) is 9.97 Å². The standard InChI is InChI=1S/C21H23N3O3S/c1-24-11-10-22-21(24)16(12-20(25)26)14-6-8-15(9-7-14)27-13-19-23-17-4-2-3-5-18(17)28-19/h6-11,16H,2-5,12-13H2,1H3,(H,25,26)/t16-/m0/s1. The molecular formula is C21H23N3O3S. The van der Waals surface area contributed by atoms with Crippen LogP contribution in [-0.2, 0) is 31.3 Å². The molecule has 2 aromatic heterocycles. The van der Waals surface area contributed by atoms with Crippen molar-refractivity contribution in [3.63, 3.8) is 0 Å². The number of hydrogen-bond acceptors (Lipinski definition) is 5. The lowest BCUT2D eigenvalue weighted by Crippen LogP contribution is -2.12. The van der Waals surface area contributed by atoms with Crippen molar-refractivity contribution in [2.75, 3.05) is 0 Å². The van der Waals surface area contributed by atoms with Crippen LogP contribution in [-0.4, -0.2) is 25.6 Å². The van der Waals surface area contributed by atoms with Crippen molar-refractivity contribution in [1.29, 1.82) is 0 Å². The molecular weight excluding hydrogens is 374 g/mol. The van der Waals surface area contributed by atoms with Gasteiger partial charge in [-0.2, -0.15) is 0 Å². The van der Waals surface area contributed by atoms with Gasteiger partial charge in [0, 0.05) is 24.3 Å². The van der Waals surface area contributed by atoms with Crippen molar-refractivity contribution < 1.29 is 14.6 Å². The van der Waals surface area contributed by atoms with Crippen LogP contribution in [0.3, 0.4) is 0 Å². The number of benzene rings is 1. The number of ether oxygens (including phenoxy) is 1. The average Bonchev–Trinajstić information content (AvgIpc) is 3.30. The highest BCUT2D eigenvalue weighted by molar-refractivity contribution is 7.11. The molecule has 1 N–H and O–H groups in total. The summed E-state index contributed by atoms with van der Waals surface area (Å²) in [5.41, 5.74) is 2.16. The molecule has 0 saturated carbocycles. The zero-order valence-electron chi connectivity index (χ0n) is 15.8. The number of aromatic nitrogens is 3. The van der Waals surface area contributed by atoms with Crippen molar-refractivity contribution in [2.24, 2.45) is 7.05 Å². The first-order valence-corrected chi connectivity index (χ1v) is 10.3. The summed E-state index contributed by atoms with van der Waals surface area (Å²) in [5, 5.41) is 10.3. The topological polar surface area (TPSA) is 77.2 Å². The smallest absolute Gasteiger partial charge is 0.304 e. The summed E-state index contributed by atoms with van der Waals surface area (Å²) in [5.74, 6) is 0.355. The van der Waals surface area contributed by atoms with Gasteiger partial charge in [-0.3, -0.25) is 4.79 Å². The number of aryl methyl sites for hydroxylation is 3. The molecule has 1 aliphatic carbocycles. The minimum Gasteiger partial charge on any atom is -0.486 e. The van der Waals surface area contributed by atoms with Crippen LogP contribution in [0.4, 0.5) is 0 Å². The number of imidazole rings is 1. The van der Waals surface area contributed by atoms with Gasteiger partial charge in [0.25, 0.3) is 0 Å². The number of nitrogens with zero attached hydrogens (tertiary/aromatic N) is 3. The summed E-state index contributed by atoms with van der Waals surface area (Å²) in [6.07, 6.45) is 8.22. The van der Waals surface area contributed by atoms with Gasteiger partial charge in [0.15, 0.2) is 0 Å². The Kier molecular flexibility index (Phi) is 5.43. The molecule has 6 nitrogen and oxygen atoms in total. The molecule has 0 amide bonds. The maximum absolute atomic E-state index is 11.3. The molecule has 0 spiro atoms. The molecule has 0 saturated heterocycles. The maximum atomic E-state index is 11.3. The van der Waals surface area contributed by atoms with E-state index in [1.165, 1.54) is 23.4 Å². The molecule has 146 valence electrons. The largest absolute Gasteiger partial charge is 0.486 e.